The molecule has 1 aliphatic heterocycles. The van der Waals surface area contributed by atoms with Crippen molar-refractivity contribution in [3.8, 4) is 0 Å². The summed E-state index contributed by atoms with van der Waals surface area (Å²) in [4.78, 5) is 32.6. The fourth-order valence-electron chi connectivity index (χ4n) is 5.01. The van der Waals surface area contributed by atoms with E-state index >= 15 is 0 Å². The lowest BCUT2D eigenvalue weighted by molar-refractivity contribution is 0.0746. The third-order valence-corrected chi connectivity index (χ3v) is 7.06. The molecule has 6 nitrogen and oxygen atoms in total. The molecule has 2 amide bonds. The Labute approximate surface area is 230 Å². The summed E-state index contributed by atoms with van der Waals surface area (Å²) in [6, 6.07) is 36.0. The molecular formula is C33H34N4O2. The highest BCUT2D eigenvalue weighted by atomic mass is 16.2. The van der Waals surface area contributed by atoms with Gasteiger partial charge in [-0.15, -0.1) is 0 Å². The van der Waals surface area contributed by atoms with Gasteiger partial charge in [0.2, 0.25) is 0 Å². The number of anilines is 3. The Balaban J connectivity index is 1.45. The number of amides is 2. The summed E-state index contributed by atoms with van der Waals surface area (Å²) in [5, 5.41) is 2.98. The van der Waals surface area contributed by atoms with Gasteiger partial charge < -0.3 is 20.0 Å². The van der Waals surface area contributed by atoms with Gasteiger partial charge in [0.15, 0.2) is 0 Å². The second-order valence-corrected chi connectivity index (χ2v) is 9.61. The van der Waals surface area contributed by atoms with Crippen LogP contribution in [0.25, 0.3) is 0 Å². The highest BCUT2D eigenvalue weighted by molar-refractivity contribution is 6.01. The molecule has 0 unspecified atom stereocenters. The Kier molecular flexibility index (Phi) is 8.22. The quantitative estimate of drug-likeness (QED) is 0.323. The predicted octanol–water partition coefficient (Wildman–Crippen LogP) is 5.74. The van der Waals surface area contributed by atoms with Crippen molar-refractivity contribution in [2.45, 2.75) is 13.5 Å². The zero-order valence-corrected chi connectivity index (χ0v) is 22.3. The minimum Gasteiger partial charge on any atom is -0.368 e. The van der Waals surface area contributed by atoms with E-state index in [-0.39, 0.29) is 11.8 Å². The third kappa shape index (κ3) is 6.12. The van der Waals surface area contributed by atoms with Crippen LogP contribution >= 0.6 is 0 Å². The Bertz CT molecular complexity index is 1390. The SMILES string of the molecule is CCNC(=O)c1ccc(N2CCN(C(=O)c3ccccc3)CC2)cc1N(Cc1ccccc1)c1ccccc1. The Morgan fingerprint density at radius 3 is 2.03 bits per heavy atom. The van der Waals surface area contributed by atoms with Crippen molar-refractivity contribution in [2.75, 3.05) is 42.5 Å². The summed E-state index contributed by atoms with van der Waals surface area (Å²) in [7, 11) is 0. The van der Waals surface area contributed by atoms with Crippen molar-refractivity contribution in [3.63, 3.8) is 0 Å². The van der Waals surface area contributed by atoms with Crippen LogP contribution in [-0.4, -0.2) is 49.4 Å². The van der Waals surface area contributed by atoms with E-state index in [9.17, 15) is 9.59 Å². The molecule has 1 heterocycles. The molecule has 0 bridgehead atoms. The lowest BCUT2D eigenvalue weighted by atomic mass is 10.1. The van der Waals surface area contributed by atoms with E-state index < -0.39 is 0 Å². The van der Waals surface area contributed by atoms with Crippen LogP contribution < -0.4 is 15.1 Å². The smallest absolute Gasteiger partial charge is 0.253 e. The van der Waals surface area contributed by atoms with Crippen LogP contribution in [0.4, 0.5) is 17.1 Å². The first-order chi connectivity index (χ1) is 19.1. The Morgan fingerprint density at radius 2 is 1.38 bits per heavy atom. The number of rotatable bonds is 8. The average molecular weight is 519 g/mol. The van der Waals surface area contributed by atoms with E-state index in [1.807, 2.05) is 90.7 Å². The molecule has 0 saturated carbocycles. The molecule has 1 fully saturated rings. The molecule has 5 rings (SSSR count). The van der Waals surface area contributed by atoms with E-state index in [1.165, 1.54) is 0 Å². The zero-order valence-electron chi connectivity index (χ0n) is 22.3. The van der Waals surface area contributed by atoms with Crippen molar-refractivity contribution in [3.05, 3.63) is 126 Å². The number of hydrogen-bond donors (Lipinski definition) is 1. The van der Waals surface area contributed by atoms with Crippen LogP contribution in [0.1, 0.15) is 33.2 Å². The summed E-state index contributed by atoms with van der Waals surface area (Å²) in [6.45, 7) is 5.86. The van der Waals surface area contributed by atoms with Gasteiger partial charge in [-0.25, -0.2) is 0 Å². The van der Waals surface area contributed by atoms with Crippen molar-refractivity contribution < 1.29 is 9.59 Å². The number of carbonyl (C=O) groups is 2. The summed E-state index contributed by atoms with van der Waals surface area (Å²) in [5.41, 5.74) is 5.43. The van der Waals surface area contributed by atoms with Crippen LogP contribution in [0.15, 0.2) is 109 Å². The molecule has 0 radical (unpaired) electrons. The van der Waals surface area contributed by atoms with Crippen LogP contribution in [-0.2, 0) is 6.54 Å². The van der Waals surface area contributed by atoms with E-state index in [0.717, 1.165) is 41.3 Å². The molecule has 0 aliphatic carbocycles. The summed E-state index contributed by atoms with van der Waals surface area (Å²) in [6.07, 6.45) is 0. The highest BCUT2D eigenvalue weighted by Gasteiger charge is 2.25. The molecule has 39 heavy (non-hydrogen) atoms. The second kappa shape index (κ2) is 12.3. The van der Waals surface area contributed by atoms with Crippen LogP contribution in [0.2, 0.25) is 0 Å². The van der Waals surface area contributed by atoms with E-state index in [2.05, 4.69) is 45.4 Å². The minimum atomic E-state index is -0.0914. The largest absolute Gasteiger partial charge is 0.368 e. The minimum absolute atomic E-state index is 0.0700. The molecule has 1 N–H and O–H groups in total. The first-order valence-electron chi connectivity index (χ1n) is 13.5. The lowest BCUT2D eigenvalue weighted by Crippen LogP contribution is -2.48. The maximum atomic E-state index is 13.2. The highest BCUT2D eigenvalue weighted by Crippen LogP contribution is 2.34. The number of carbonyl (C=O) groups excluding carboxylic acids is 2. The molecule has 1 saturated heterocycles. The predicted molar refractivity (Wildman–Crippen MR) is 158 cm³/mol. The molecule has 198 valence electrons. The van der Waals surface area contributed by atoms with Crippen molar-refractivity contribution >= 4 is 28.9 Å². The van der Waals surface area contributed by atoms with Crippen LogP contribution in [0.3, 0.4) is 0 Å². The molecular weight excluding hydrogens is 484 g/mol. The maximum Gasteiger partial charge on any atom is 0.253 e. The molecule has 0 aromatic heterocycles. The first-order valence-corrected chi connectivity index (χ1v) is 13.5. The van der Waals surface area contributed by atoms with E-state index in [4.69, 9.17) is 0 Å². The molecule has 4 aromatic rings. The normalized spacial score (nSPS) is 13.2. The van der Waals surface area contributed by atoms with Crippen LogP contribution in [0, 0.1) is 0 Å². The van der Waals surface area contributed by atoms with Crippen LogP contribution in [0.5, 0.6) is 0 Å². The van der Waals surface area contributed by atoms with Gasteiger partial charge in [-0.05, 0) is 55.0 Å². The number of para-hydroxylation sites is 1. The van der Waals surface area contributed by atoms with Gasteiger partial charge in [0.25, 0.3) is 11.8 Å². The number of nitrogens with zero attached hydrogens (tertiary/aromatic N) is 3. The van der Waals surface area contributed by atoms with Gasteiger partial charge in [0, 0.05) is 56.2 Å². The van der Waals surface area contributed by atoms with Crippen molar-refractivity contribution in [1.82, 2.24) is 10.2 Å². The van der Waals surface area contributed by atoms with E-state index in [1.54, 1.807) is 0 Å². The molecule has 4 aromatic carbocycles. The maximum absolute atomic E-state index is 13.2. The standard InChI is InChI=1S/C33H34N4O2/c1-2-34-32(38)30-19-18-29(35-20-22-36(23-21-35)33(39)27-14-8-4-9-15-27)24-31(30)37(28-16-10-5-11-17-28)25-26-12-6-3-7-13-26/h3-19,24H,2,20-23,25H2,1H3,(H,34,38). The molecule has 6 heteroatoms. The fraction of sp³-hybridized carbons (Fsp3) is 0.212. The number of piperazine rings is 1. The van der Waals surface area contributed by atoms with E-state index in [0.29, 0.717) is 31.7 Å². The monoisotopic (exact) mass is 518 g/mol. The number of benzene rings is 4. The zero-order chi connectivity index (χ0) is 27.0. The third-order valence-electron chi connectivity index (χ3n) is 7.06. The van der Waals surface area contributed by atoms with Gasteiger partial charge in [0.1, 0.15) is 0 Å². The number of nitrogens with one attached hydrogen (secondary N) is 1. The fourth-order valence-corrected chi connectivity index (χ4v) is 5.01. The van der Waals surface area contributed by atoms with Gasteiger partial charge >= 0.3 is 0 Å². The van der Waals surface area contributed by atoms with Gasteiger partial charge in [-0.3, -0.25) is 9.59 Å². The molecule has 1 aliphatic rings. The summed E-state index contributed by atoms with van der Waals surface area (Å²) >= 11 is 0. The van der Waals surface area contributed by atoms with Crippen molar-refractivity contribution in [1.29, 1.82) is 0 Å². The van der Waals surface area contributed by atoms with Gasteiger partial charge in [-0.2, -0.15) is 0 Å². The first kappa shape index (κ1) is 26.0. The Hall–Kier alpha value is -4.58. The lowest BCUT2D eigenvalue weighted by Gasteiger charge is -2.37. The second-order valence-electron chi connectivity index (χ2n) is 9.61. The Morgan fingerprint density at radius 1 is 0.769 bits per heavy atom. The number of hydrogen-bond acceptors (Lipinski definition) is 4. The summed E-state index contributed by atoms with van der Waals surface area (Å²) < 4.78 is 0. The molecule has 0 spiro atoms. The van der Waals surface area contributed by atoms with Gasteiger partial charge in [-0.1, -0.05) is 66.7 Å². The topological polar surface area (TPSA) is 55.9 Å². The van der Waals surface area contributed by atoms with Gasteiger partial charge in [0.05, 0.1) is 11.3 Å². The van der Waals surface area contributed by atoms with Crippen molar-refractivity contribution in [2.24, 2.45) is 0 Å². The summed E-state index contributed by atoms with van der Waals surface area (Å²) in [5.74, 6) is -0.0213. The molecule has 0 atom stereocenters. The average Bonchev–Trinajstić information content (AvgIpc) is 3.01.